The van der Waals surface area contributed by atoms with E-state index in [1.165, 1.54) is 53.4 Å². The van der Waals surface area contributed by atoms with E-state index in [0.717, 1.165) is 17.6 Å². The fourth-order valence-electron chi connectivity index (χ4n) is 12.1. The highest BCUT2D eigenvalue weighted by atomic mass is 16.6. The molecule has 7 amide bonds. The van der Waals surface area contributed by atoms with Crippen molar-refractivity contribution >= 4 is 100 Å². The number of carbonyl (C=O) groups is 13. The lowest BCUT2D eigenvalue weighted by Crippen LogP contribution is -2.58. The number of amides is 7. The summed E-state index contributed by atoms with van der Waals surface area (Å²) in [5.41, 5.74) is 9.73. The number of esters is 1. The maximum atomic E-state index is 13.6. The lowest BCUT2D eigenvalue weighted by atomic mass is 9.87. The van der Waals surface area contributed by atoms with Gasteiger partial charge in [-0.05, 0) is 113 Å². The molecule has 1 fully saturated rings. The second kappa shape index (κ2) is 44.2. The number of aromatic nitrogens is 7. The maximum Gasteiger partial charge on any atom is 0.407 e. The number of hydrogen-bond donors (Lipinski definition) is 16. The van der Waals surface area contributed by atoms with E-state index in [9.17, 15) is 98.1 Å². The molecule has 0 saturated carbocycles. The van der Waals surface area contributed by atoms with Crippen LogP contribution in [0.5, 0.6) is 5.88 Å². The molecule has 5 heterocycles. The second-order valence-electron chi connectivity index (χ2n) is 27.5. The van der Waals surface area contributed by atoms with Crippen LogP contribution in [0.4, 0.5) is 16.4 Å². The molecule has 0 spiro atoms. The quantitative estimate of drug-likeness (QED) is 0.0115. The van der Waals surface area contributed by atoms with Crippen LogP contribution in [0.2, 0.25) is 0 Å². The third-order valence-corrected chi connectivity index (χ3v) is 18.1. The van der Waals surface area contributed by atoms with Crippen LogP contribution in [0.25, 0.3) is 16.9 Å². The van der Waals surface area contributed by atoms with Gasteiger partial charge in [-0.1, -0.05) is 78.8 Å². The predicted octanol–water partition coefficient (Wildman–Crippen LogP) is 3.18. The van der Waals surface area contributed by atoms with Crippen LogP contribution in [0.1, 0.15) is 137 Å². The predicted molar refractivity (Wildman–Crippen MR) is 411 cm³/mol. The van der Waals surface area contributed by atoms with Crippen molar-refractivity contribution < 1.29 is 112 Å². The Morgan fingerprint density at radius 3 is 1.98 bits per heavy atom. The van der Waals surface area contributed by atoms with Crippen LogP contribution < -0.4 is 48.3 Å². The summed E-state index contributed by atoms with van der Waals surface area (Å²) in [6.07, 6.45) is 15.4. The van der Waals surface area contributed by atoms with Gasteiger partial charge in [0, 0.05) is 61.0 Å². The number of nitrogens with zero attached hydrogens (tertiary/aromatic N) is 7. The number of aliphatic hydroxyl groups is 1. The van der Waals surface area contributed by atoms with Crippen molar-refractivity contribution in [3.63, 3.8) is 0 Å². The van der Waals surface area contributed by atoms with Gasteiger partial charge in [0.15, 0.2) is 11.2 Å². The van der Waals surface area contributed by atoms with Crippen LogP contribution in [0.3, 0.4) is 0 Å². The van der Waals surface area contributed by atoms with Crippen LogP contribution in [-0.4, -0.2) is 222 Å². The largest absolute Gasteiger partial charge is 0.492 e. The topological polar surface area (TPSA) is 596 Å². The third kappa shape index (κ3) is 29.3. The second-order valence-corrected chi connectivity index (χ2v) is 27.5. The number of cyclic esters (lactones) is 1. The van der Waals surface area contributed by atoms with Gasteiger partial charge in [0.25, 0.3) is 11.8 Å². The van der Waals surface area contributed by atoms with E-state index in [1.807, 2.05) is 74.8 Å². The summed E-state index contributed by atoms with van der Waals surface area (Å²) in [4.78, 5) is 181. The summed E-state index contributed by atoms with van der Waals surface area (Å²) < 4.78 is 18.8. The Morgan fingerprint density at radius 1 is 0.733 bits per heavy atom. The molecule has 0 radical (unpaired) electrons. The van der Waals surface area contributed by atoms with Crippen molar-refractivity contribution in [3.8, 4) is 11.6 Å². The molecule has 2 aliphatic rings. The van der Waals surface area contributed by atoms with Crippen molar-refractivity contribution in [2.24, 2.45) is 11.8 Å². The number of carboxylic acids is 5. The molecule has 0 unspecified atom stereocenters. The Kier molecular flexibility index (Phi) is 34.2. The normalized spacial score (nSPS) is 18.1. The van der Waals surface area contributed by atoms with E-state index < -0.39 is 164 Å². The Labute approximate surface area is 663 Å². The molecule has 39 nitrogen and oxygen atoms in total. The maximum absolute atomic E-state index is 13.6. The lowest BCUT2D eigenvalue weighted by Gasteiger charge is -2.39. The number of anilines is 2. The molecule has 620 valence electrons. The number of alkyl carbamates (subject to hydrolysis) is 1. The van der Waals surface area contributed by atoms with Gasteiger partial charge in [-0.3, -0.25) is 43.2 Å². The van der Waals surface area contributed by atoms with Crippen LogP contribution >= 0.6 is 0 Å². The van der Waals surface area contributed by atoms with Crippen LogP contribution in [0.15, 0.2) is 133 Å². The average Bonchev–Trinajstić information content (AvgIpc) is 0.869. The molecule has 17 N–H and O–H groups in total. The monoisotopic (exact) mass is 1610 g/mol. The molecule has 116 heavy (non-hydrogen) atoms. The van der Waals surface area contributed by atoms with Gasteiger partial charge in [0.2, 0.25) is 35.5 Å². The molecule has 2 aliphatic heterocycles. The molecular weight excluding hydrogens is 1520 g/mol. The zero-order valence-corrected chi connectivity index (χ0v) is 64.0. The molecule has 3 aromatic heterocycles. The number of unbranched alkanes of at least 4 members (excludes halogenated alkanes) is 1. The Balaban J connectivity index is 0.841. The third-order valence-electron chi connectivity index (χ3n) is 18.1. The molecule has 7 rings (SSSR count). The molecule has 5 aromatic rings. The minimum absolute atomic E-state index is 0.00380. The van der Waals surface area contributed by atoms with Gasteiger partial charge in [0.05, 0.1) is 86.2 Å². The zero-order valence-electron chi connectivity index (χ0n) is 64.0. The SMILES string of the molecule is C/C=C/[C@@H]1O[C@H]([C@@H](/C=C/C=C(\C)C[C@@H](C)/C=C(C)\C=C\[C@H]2CC=CC(=O)O2)NC(=O)OCCc2cn(-c3ccc(C(=O)NCCCC[C@H](NC(=O)[C@H](CC(=O)O)NC(=O)[C@H](CC(=O)O)NC(=O)[C@@H](CC(=O)O)NC(=O)CC[C@H](NC(=O)c4ccc(NCc5cnc6nc(N)nc(O)c6n5)cc4)C(=O)O)C(=O)O)cc3)nn2)C[C@@H](O)[C@@H]1C. The fraction of sp³-hybridized carbons (Fsp3) is 0.416. The number of allylic oxidation sites excluding steroid dienone is 7. The highest BCUT2D eigenvalue weighted by molar-refractivity contribution is 5.99. The first-order valence-corrected chi connectivity index (χ1v) is 36.9. The van der Waals surface area contributed by atoms with Crippen molar-refractivity contribution in [1.29, 1.82) is 0 Å². The van der Waals surface area contributed by atoms with Gasteiger partial charge in [-0.15, -0.1) is 5.10 Å². The average molecular weight is 1610 g/mol. The number of aliphatic carboxylic acids is 5. The molecule has 0 aliphatic carbocycles. The van der Waals surface area contributed by atoms with Crippen LogP contribution in [0, 0.1) is 11.8 Å². The Bertz CT molecular complexity index is 4560. The minimum atomic E-state index is -2.20. The van der Waals surface area contributed by atoms with Gasteiger partial charge in [-0.25, -0.2) is 33.8 Å². The molecular formula is C77H94N16O23. The lowest BCUT2D eigenvalue weighted by molar-refractivity contribution is -0.145. The van der Waals surface area contributed by atoms with E-state index in [0.29, 0.717) is 29.2 Å². The summed E-state index contributed by atoms with van der Waals surface area (Å²) >= 11 is 0. The fourth-order valence-corrected chi connectivity index (χ4v) is 12.1. The standard InChI is InChI=1S/C77H94N16O23/c1-6-11-59-44(5)58(94)37-60(116-59)52(15-9-12-41(2)32-43(4)33-42(3)17-26-51-13-10-16-65(102)115-51)88-77(113)114-31-29-48-40-93(92-91-48)50-24-20-45(21-25-50)68(103)79-30-8-7-14-53(74(109)110)85-71(106)56(35-63(98)99)87-72(107)57(36-64(100)101)86-70(105)55(34-62(96)97)83-61(95)28-27-54(75(111)112)84-69(104)46-18-22-47(23-19-46)80-38-49-39-81-67-66(82-49)73(108)90-76(78)89-67/h6,9-12,15-26,33,39-40,43-44,51-60,80,94H,7-8,13-14,27-32,34-38H2,1-5H3,(H,79,103)(H,83,95)(H,84,104)(H,85,106)(H,86,105)(H,87,107)(H,88,113)(H,96,97)(H,98,99)(H,100,101)(H,109,110)(H,111,112)(H3,78,81,89,90,108)/b11-6+,15-9+,26-17+,41-12+,42-33-/t43-,44+,51-,52-,53+,54+,55-,56+,57+,58-,59+,60+/m1/s1. The summed E-state index contributed by atoms with van der Waals surface area (Å²) in [6.45, 7) is 9.86. The molecule has 0 bridgehead atoms. The van der Waals surface area contributed by atoms with E-state index >= 15 is 0 Å². The number of benzene rings is 2. The van der Waals surface area contributed by atoms with Crippen LogP contribution in [-0.2, 0) is 75.1 Å². The van der Waals surface area contributed by atoms with E-state index in [-0.39, 0.29) is 104 Å². The number of fused-ring (bicyclic) bond motifs is 1. The number of carbonyl (C=O) groups excluding carboxylic acids is 8. The van der Waals surface area contributed by atoms with E-state index in [4.69, 9.17) is 19.9 Å². The minimum Gasteiger partial charge on any atom is -0.492 e. The number of hydrogen-bond acceptors (Lipinski definition) is 26. The number of aliphatic hydroxyl groups excluding tert-OH is 1. The van der Waals surface area contributed by atoms with Crippen molar-refractivity contribution in [1.82, 2.24) is 72.1 Å². The molecule has 12 atom stereocenters. The summed E-state index contributed by atoms with van der Waals surface area (Å²) in [5, 5.41) is 97.4. The Hall–Kier alpha value is -13.3. The number of carboxylic acid groups (broad SMARTS) is 5. The molecule has 2 aromatic carbocycles. The highest BCUT2D eigenvalue weighted by Crippen LogP contribution is 2.29. The number of nitrogen functional groups attached to an aromatic ring is 1. The van der Waals surface area contributed by atoms with Gasteiger partial charge < -0.3 is 98.2 Å². The van der Waals surface area contributed by atoms with Crippen molar-refractivity contribution in [2.75, 3.05) is 24.2 Å². The number of nitrogens with one attached hydrogen (secondary N) is 8. The molecule has 39 heteroatoms. The smallest absolute Gasteiger partial charge is 0.407 e. The number of rotatable bonds is 43. The number of ether oxygens (including phenoxy) is 3. The van der Waals surface area contributed by atoms with Gasteiger partial charge in [0.1, 0.15) is 36.3 Å². The first kappa shape index (κ1) is 89.9. The number of aromatic hydroxyl groups is 1. The number of nitrogens with two attached hydrogens (primary N) is 1. The first-order valence-electron chi connectivity index (χ1n) is 36.9. The van der Waals surface area contributed by atoms with E-state index in [2.05, 4.69) is 75.1 Å². The zero-order chi connectivity index (χ0) is 84.7. The first-order chi connectivity index (χ1) is 55.2. The summed E-state index contributed by atoms with van der Waals surface area (Å²) in [5.74, 6) is -16.3. The summed E-state index contributed by atoms with van der Waals surface area (Å²) in [7, 11) is 0. The van der Waals surface area contributed by atoms with Gasteiger partial charge >= 0.3 is 41.9 Å². The highest BCUT2D eigenvalue weighted by Gasteiger charge is 2.39. The van der Waals surface area contributed by atoms with E-state index in [1.54, 1.807) is 30.5 Å². The summed E-state index contributed by atoms with van der Waals surface area (Å²) in [6, 6.07) is 1.35. The Morgan fingerprint density at radius 2 is 1.35 bits per heavy atom. The van der Waals surface area contributed by atoms with Crippen molar-refractivity contribution in [2.45, 2.75) is 179 Å². The molecule has 1 saturated heterocycles. The van der Waals surface area contributed by atoms with Gasteiger partial charge in [-0.2, -0.15) is 9.97 Å². The van der Waals surface area contributed by atoms with Crippen molar-refractivity contribution in [3.05, 3.63) is 155 Å².